The fourth-order valence-electron chi connectivity index (χ4n) is 2.55. The zero-order valence-electron chi connectivity index (χ0n) is 12.1. The van der Waals surface area contributed by atoms with E-state index >= 15 is 0 Å². The Morgan fingerprint density at radius 3 is 2.80 bits per heavy atom. The van der Waals surface area contributed by atoms with Gasteiger partial charge in [-0.1, -0.05) is 0 Å². The monoisotopic (exact) mass is 296 g/mol. The number of carbonyl (C=O) groups is 1. The molecule has 0 aliphatic carbocycles. The summed E-state index contributed by atoms with van der Waals surface area (Å²) in [5, 5.41) is -0.431. The van der Waals surface area contributed by atoms with Crippen molar-refractivity contribution in [3.8, 4) is 0 Å². The van der Waals surface area contributed by atoms with Crippen LogP contribution < -0.4 is 4.90 Å². The highest BCUT2D eigenvalue weighted by Crippen LogP contribution is 2.23. The van der Waals surface area contributed by atoms with Gasteiger partial charge in [-0.15, -0.1) is 0 Å². The van der Waals surface area contributed by atoms with Crippen molar-refractivity contribution in [3.05, 3.63) is 29.3 Å². The molecule has 0 radical (unpaired) electrons. The zero-order chi connectivity index (χ0) is 14.5. The number of hydrogen-bond donors (Lipinski definition) is 0. The SMILES string of the molecule is COCc1cc(N2CCCN(C)CC2)ccc1C(=O)Cl. The van der Waals surface area contributed by atoms with E-state index in [0.717, 1.165) is 43.9 Å². The standard InChI is InChI=1S/C15H21ClN2O2/c1-17-6-3-7-18(9-8-17)13-4-5-14(15(16)19)12(10-13)11-20-2/h4-5,10H,3,6-9,11H2,1-2H3. The highest BCUT2D eigenvalue weighted by atomic mass is 35.5. The molecular formula is C15H21ClN2O2. The van der Waals surface area contributed by atoms with Crippen LogP contribution in [0.25, 0.3) is 0 Å². The topological polar surface area (TPSA) is 32.8 Å². The smallest absolute Gasteiger partial charge is 0.252 e. The van der Waals surface area contributed by atoms with Crippen molar-refractivity contribution >= 4 is 22.5 Å². The van der Waals surface area contributed by atoms with Crippen LogP contribution in [0.15, 0.2) is 18.2 Å². The Hall–Kier alpha value is -1.10. The van der Waals surface area contributed by atoms with E-state index in [1.54, 1.807) is 13.2 Å². The Labute approximate surface area is 125 Å². The van der Waals surface area contributed by atoms with Crippen LogP contribution in [0.5, 0.6) is 0 Å². The summed E-state index contributed by atoms with van der Waals surface area (Å²) in [6.45, 7) is 4.60. The van der Waals surface area contributed by atoms with Crippen molar-refractivity contribution in [2.24, 2.45) is 0 Å². The molecule has 5 heteroatoms. The first kappa shape index (κ1) is 15.3. The van der Waals surface area contributed by atoms with Crippen LogP contribution in [0.4, 0.5) is 5.69 Å². The van der Waals surface area contributed by atoms with Crippen LogP contribution in [0, 0.1) is 0 Å². The molecule has 0 atom stereocenters. The molecule has 1 aliphatic heterocycles. The van der Waals surface area contributed by atoms with Crippen molar-refractivity contribution in [1.82, 2.24) is 4.90 Å². The number of likely N-dealkylation sites (N-methyl/N-ethyl adjacent to an activating group) is 1. The number of nitrogens with zero attached hydrogens (tertiary/aromatic N) is 2. The first-order valence-electron chi connectivity index (χ1n) is 6.87. The molecule has 4 nitrogen and oxygen atoms in total. The molecule has 0 N–H and O–H groups in total. The van der Waals surface area contributed by atoms with E-state index in [4.69, 9.17) is 16.3 Å². The van der Waals surface area contributed by atoms with Gasteiger partial charge in [0.2, 0.25) is 0 Å². The van der Waals surface area contributed by atoms with E-state index in [9.17, 15) is 4.79 Å². The molecule has 110 valence electrons. The van der Waals surface area contributed by atoms with E-state index in [1.807, 2.05) is 12.1 Å². The minimum absolute atomic E-state index is 0.398. The summed E-state index contributed by atoms with van der Waals surface area (Å²) < 4.78 is 5.17. The number of ether oxygens (including phenoxy) is 1. The maximum Gasteiger partial charge on any atom is 0.252 e. The second-order valence-corrected chi connectivity index (χ2v) is 5.54. The number of halogens is 1. The Bertz CT molecular complexity index is 479. The summed E-state index contributed by atoms with van der Waals surface area (Å²) in [5.74, 6) is 0. The third-order valence-corrected chi connectivity index (χ3v) is 3.89. The number of rotatable bonds is 4. The Morgan fingerprint density at radius 1 is 1.30 bits per heavy atom. The fraction of sp³-hybridized carbons (Fsp3) is 0.533. The molecule has 0 amide bonds. The fourth-order valence-corrected chi connectivity index (χ4v) is 2.73. The molecule has 1 saturated heterocycles. The summed E-state index contributed by atoms with van der Waals surface area (Å²) in [7, 11) is 3.77. The summed E-state index contributed by atoms with van der Waals surface area (Å²) >= 11 is 5.61. The van der Waals surface area contributed by atoms with Crippen molar-refractivity contribution in [1.29, 1.82) is 0 Å². The number of anilines is 1. The minimum Gasteiger partial charge on any atom is -0.380 e. The third kappa shape index (κ3) is 3.72. The van der Waals surface area contributed by atoms with Crippen molar-refractivity contribution in [3.63, 3.8) is 0 Å². The first-order chi connectivity index (χ1) is 9.61. The maximum atomic E-state index is 11.4. The van der Waals surface area contributed by atoms with Gasteiger partial charge in [0.05, 0.1) is 6.61 Å². The molecule has 2 rings (SSSR count). The molecule has 1 fully saturated rings. The van der Waals surface area contributed by atoms with Gasteiger partial charge in [0.15, 0.2) is 0 Å². The van der Waals surface area contributed by atoms with Gasteiger partial charge in [0.1, 0.15) is 0 Å². The van der Waals surface area contributed by atoms with Gasteiger partial charge in [0, 0.05) is 38.0 Å². The van der Waals surface area contributed by atoms with Crippen LogP contribution in [0.2, 0.25) is 0 Å². The molecule has 0 saturated carbocycles. The largest absolute Gasteiger partial charge is 0.380 e. The lowest BCUT2D eigenvalue weighted by molar-refractivity contribution is 0.107. The Kier molecular flexibility index (Phi) is 5.40. The van der Waals surface area contributed by atoms with E-state index in [1.165, 1.54) is 0 Å². The van der Waals surface area contributed by atoms with Crippen LogP contribution in [0.3, 0.4) is 0 Å². The highest BCUT2D eigenvalue weighted by Gasteiger charge is 2.15. The third-order valence-electron chi connectivity index (χ3n) is 3.69. The normalized spacial score (nSPS) is 17.1. The van der Waals surface area contributed by atoms with Gasteiger partial charge in [-0.05, 0) is 55.4 Å². The van der Waals surface area contributed by atoms with Gasteiger partial charge >= 0.3 is 0 Å². The van der Waals surface area contributed by atoms with Crippen molar-refractivity contribution < 1.29 is 9.53 Å². The molecule has 0 aromatic heterocycles. The van der Waals surface area contributed by atoms with Gasteiger partial charge in [-0.2, -0.15) is 0 Å². The molecule has 20 heavy (non-hydrogen) atoms. The average molecular weight is 297 g/mol. The summed E-state index contributed by atoms with van der Waals surface area (Å²) in [4.78, 5) is 16.1. The molecule has 0 unspecified atom stereocenters. The quantitative estimate of drug-likeness (QED) is 0.799. The summed E-state index contributed by atoms with van der Waals surface area (Å²) in [6, 6.07) is 5.79. The molecule has 1 aliphatic rings. The lowest BCUT2D eigenvalue weighted by Crippen LogP contribution is -2.28. The molecule has 1 heterocycles. The van der Waals surface area contributed by atoms with E-state index in [-0.39, 0.29) is 0 Å². The van der Waals surface area contributed by atoms with Gasteiger partial charge in [-0.25, -0.2) is 0 Å². The van der Waals surface area contributed by atoms with Gasteiger partial charge < -0.3 is 14.5 Å². The molecular weight excluding hydrogens is 276 g/mol. The maximum absolute atomic E-state index is 11.4. The Morgan fingerprint density at radius 2 is 2.10 bits per heavy atom. The van der Waals surface area contributed by atoms with Gasteiger partial charge in [-0.3, -0.25) is 4.79 Å². The number of carbonyl (C=O) groups excluding carboxylic acids is 1. The zero-order valence-corrected chi connectivity index (χ0v) is 12.8. The number of methoxy groups -OCH3 is 1. The summed E-state index contributed by atoms with van der Waals surface area (Å²) in [6.07, 6.45) is 1.15. The van der Waals surface area contributed by atoms with Crippen LogP contribution in [-0.2, 0) is 11.3 Å². The molecule has 0 spiro atoms. The van der Waals surface area contributed by atoms with E-state index in [0.29, 0.717) is 12.2 Å². The van der Waals surface area contributed by atoms with Crippen molar-refractivity contribution in [2.75, 3.05) is 45.2 Å². The highest BCUT2D eigenvalue weighted by molar-refractivity contribution is 6.67. The van der Waals surface area contributed by atoms with E-state index < -0.39 is 5.24 Å². The minimum atomic E-state index is -0.431. The lowest BCUT2D eigenvalue weighted by Gasteiger charge is -2.24. The number of benzene rings is 1. The predicted octanol–water partition coefficient (Wildman–Crippen LogP) is 2.35. The number of hydrogen-bond acceptors (Lipinski definition) is 4. The van der Waals surface area contributed by atoms with Crippen LogP contribution in [0.1, 0.15) is 22.3 Å². The lowest BCUT2D eigenvalue weighted by atomic mass is 10.1. The second-order valence-electron chi connectivity index (χ2n) is 5.19. The van der Waals surface area contributed by atoms with Gasteiger partial charge in [0.25, 0.3) is 5.24 Å². The molecule has 1 aromatic carbocycles. The first-order valence-corrected chi connectivity index (χ1v) is 7.25. The van der Waals surface area contributed by atoms with E-state index in [2.05, 4.69) is 16.8 Å². The Balaban J connectivity index is 2.23. The van der Waals surface area contributed by atoms with Crippen molar-refractivity contribution in [2.45, 2.75) is 13.0 Å². The molecule has 1 aromatic rings. The predicted molar refractivity (Wildman–Crippen MR) is 81.7 cm³/mol. The second kappa shape index (κ2) is 7.07. The van der Waals surface area contributed by atoms with Crippen LogP contribution >= 0.6 is 11.6 Å². The molecule has 0 bridgehead atoms. The van der Waals surface area contributed by atoms with Crippen LogP contribution in [-0.4, -0.2) is 50.5 Å². The summed E-state index contributed by atoms with van der Waals surface area (Å²) in [5.41, 5.74) is 2.51. The average Bonchev–Trinajstić information content (AvgIpc) is 2.63.